The molecular formula is C18H19ClFN3O4S. The molecule has 0 saturated heterocycles. The number of anilines is 1. The molecule has 0 fully saturated rings. The van der Waals surface area contributed by atoms with Crippen LogP contribution in [0.1, 0.15) is 29.8 Å². The molecule has 0 aliphatic rings. The first kappa shape index (κ1) is 21.6. The Morgan fingerprint density at radius 3 is 2.54 bits per heavy atom. The highest BCUT2D eigenvalue weighted by molar-refractivity contribution is 7.89. The Hall–Kier alpha value is -2.65. The van der Waals surface area contributed by atoms with Crippen molar-refractivity contribution in [2.45, 2.75) is 19.9 Å². The van der Waals surface area contributed by atoms with E-state index >= 15 is 0 Å². The molecule has 0 heterocycles. The summed E-state index contributed by atoms with van der Waals surface area (Å²) in [4.78, 5) is 11.9. The number of benzene rings is 2. The number of ether oxygens (including phenoxy) is 1. The topological polar surface area (TPSA) is 108 Å². The van der Waals surface area contributed by atoms with Crippen molar-refractivity contribution in [2.24, 2.45) is 0 Å². The first-order valence-corrected chi connectivity index (χ1v) is 10.4. The molecule has 2 rings (SSSR count). The van der Waals surface area contributed by atoms with Crippen LogP contribution >= 0.6 is 11.6 Å². The van der Waals surface area contributed by atoms with Crippen LogP contribution in [0.15, 0.2) is 30.3 Å². The van der Waals surface area contributed by atoms with E-state index in [-0.39, 0.29) is 16.8 Å². The molecule has 150 valence electrons. The lowest BCUT2D eigenvalue weighted by atomic mass is 10.1. The van der Waals surface area contributed by atoms with Crippen LogP contribution in [0.4, 0.5) is 10.1 Å². The molecule has 0 bridgehead atoms. The number of amides is 1. The van der Waals surface area contributed by atoms with Crippen molar-refractivity contribution < 1.29 is 22.3 Å². The third-order valence-electron chi connectivity index (χ3n) is 3.39. The van der Waals surface area contributed by atoms with Crippen LogP contribution in [0, 0.1) is 11.2 Å². The molecule has 2 aromatic rings. The molecule has 0 spiro atoms. The number of hydrogen-bond donors (Lipinski definition) is 3. The van der Waals surface area contributed by atoms with Gasteiger partial charge in [-0.3, -0.25) is 4.79 Å². The largest absolute Gasteiger partial charge is 0.456 e. The number of halogens is 2. The smallest absolute Gasteiger partial charge is 0.267 e. The molecule has 10 heteroatoms. The highest BCUT2D eigenvalue weighted by Crippen LogP contribution is 2.33. The van der Waals surface area contributed by atoms with E-state index in [2.05, 4.69) is 5.32 Å². The van der Waals surface area contributed by atoms with Crippen molar-refractivity contribution in [3.8, 4) is 11.5 Å². The van der Waals surface area contributed by atoms with Crippen LogP contribution in [0.3, 0.4) is 0 Å². The van der Waals surface area contributed by atoms with Gasteiger partial charge < -0.3 is 15.5 Å². The van der Waals surface area contributed by atoms with Crippen LogP contribution in [-0.4, -0.2) is 32.8 Å². The van der Waals surface area contributed by atoms with Gasteiger partial charge in [0, 0.05) is 29.6 Å². The molecule has 0 aliphatic carbocycles. The molecule has 3 N–H and O–H groups in total. The molecule has 28 heavy (non-hydrogen) atoms. The monoisotopic (exact) mass is 427 g/mol. The predicted molar refractivity (Wildman–Crippen MR) is 107 cm³/mol. The van der Waals surface area contributed by atoms with E-state index in [0.717, 1.165) is 30.3 Å². The van der Waals surface area contributed by atoms with Gasteiger partial charge in [-0.25, -0.2) is 17.5 Å². The number of carbonyl (C=O) groups is 1. The molecule has 2 aromatic carbocycles. The summed E-state index contributed by atoms with van der Waals surface area (Å²) in [6.45, 7) is 3.92. The highest BCUT2D eigenvalue weighted by atomic mass is 35.5. The summed E-state index contributed by atoms with van der Waals surface area (Å²) in [5.41, 5.74) is 0.772. The van der Waals surface area contributed by atoms with Crippen molar-refractivity contribution in [3.05, 3.63) is 52.3 Å². The summed E-state index contributed by atoms with van der Waals surface area (Å²) in [6, 6.07) is 6.96. The fourth-order valence-electron chi connectivity index (χ4n) is 2.30. The van der Waals surface area contributed by atoms with Gasteiger partial charge in [0.25, 0.3) is 5.91 Å². The van der Waals surface area contributed by atoms with Crippen LogP contribution in [0.2, 0.25) is 5.02 Å². The quantitative estimate of drug-likeness (QED) is 0.583. The summed E-state index contributed by atoms with van der Waals surface area (Å²) in [7, 11) is -3.85. The third-order valence-corrected chi connectivity index (χ3v) is 4.25. The van der Waals surface area contributed by atoms with Crippen LogP contribution in [0.25, 0.3) is 0 Å². The van der Waals surface area contributed by atoms with Gasteiger partial charge in [0.05, 0.1) is 16.8 Å². The van der Waals surface area contributed by atoms with Crippen molar-refractivity contribution in [1.29, 1.82) is 5.41 Å². The molecule has 7 nitrogen and oxygen atoms in total. The van der Waals surface area contributed by atoms with Gasteiger partial charge in [0.1, 0.15) is 17.3 Å². The van der Waals surface area contributed by atoms with E-state index in [4.69, 9.17) is 21.7 Å². The number of rotatable bonds is 7. The van der Waals surface area contributed by atoms with Crippen molar-refractivity contribution in [1.82, 2.24) is 4.72 Å². The lowest BCUT2D eigenvalue weighted by molar-refractivity contribution is 0.0977. The molecule has 0 unspecified atom stereocenters. The summed E-state index contributed by atoms with van der Waals surface area (Å²) in [6.07, 6.45) is 1.93. The first-order valence-electron chi connectivity index (χ1n) is 8.10. The molecular weight excluding hydrogens is 409 g/mol. The lowest BCUT2D eigenvalue weighted by Crippen LogP contribution is -2.30. The van der Waals surface area contributed by atoms with Gasteiger partial charge in [-0.15, -0.1) is 0 Å². The summed E-state index contributed by atoms with van der Waals surface area (Å²) in [5, 5.41) is 10.6. The second-order valence-electron chi connectivity index (χ2n) is 6.26. The minimum atomic E-state index is -3.85. The van der Waals surface area contributed by atoms with Crippen molar-refractivity contribution >= 4 is 39.4 Å². The van der Waals surface area contributed by atoms with E-state index < -0.39 is 27.3 Å². The SMILES string of the molecule is CC(C)Nc1ccc(Oc2cc(F)c(C(=O)NS(C)(=O)=O)cc2Cl)cc1C=N. The third kappa shape index (κ3) is 5.67. The second kappa shape index (κ2) is 8.57. The molecule has 0 aromatic heterocycles. The second-order valence-corrected chi connectivity index (χ2v) is 8.42. The van der Waals surface area contributed by atoms with Crippen molar-refractivity contribution in [3.63, 3.8) is 0 Å². The molecule has 0 atom stereocenters. The molecule has 1 amide bonds. The average molecular weight is 428 g/mol. The Labute approximate surface area is 167 Å². The summed E-state index contributed by atoms with van der Waals surface area (Å²) in [5.74, 6) is -1.88. The van der Waals surface area contributed by atoms with Gasteiger partial charge in [0.2, 0.25) is 10.0 Å². The summed E-state index contributed by atoms with van der Waals surface area (Å²) < 4.78 is 43.8. The van der Waals surface area contributed by atoms with Crippen LogP contribution < -0.4 is 14.8 Å². The maximum atomic E-state index is 14.3. The zero-order valence-electron chi connectivity index (χ0n) is 15.3. The minimum absolute atomic E-state index is 0.0597. The summed E-state index contributed by atoms with van der Waals surface area (Å²) >= 11 is 6.06. The van der Waals surface area contributed by atoms with Gasteiger partial charge in [0.15, 0.2) is 0 Å². The minimum Gasteiger partial charge on any atom is -0.456 e. The fraction of sp³-hybridized carbons (Fsp3) is 0.222. The molecule has 0 radical (unpaired) electrons. The van der Waals surface area contributed by atoms with Gasteiger partial charge >= 0.3 is 0 Å². The van der Waals surface area contributed by atoms with E-state index in [1.54, 1.807) is 22.9 Å². The van der Waals surface area contributed by atoms with E-state index in [9.17, 15) is 17.6 Å². The highest BCUT2D eigenvalue weighted by Gasteiger charge is 2.19. The standard InChI is InChI=1S/C18H19ClFN3O4S/c1-10(2)22-16-5-4-12(6-11(16)9-21)27-17-8-15(20)13(7-14(17)19)18(24)23-28(3,25)26/h4-10,21-22H,1-3H3,(H,23,24). The van der Waals surface area contributed by atoms with Crippen LogP contribution in [0.5, 0.6) is 11.5 Å². The number of hydrogen-bond acceptors (Lipinski definition) is 6. The van der Waals surface area contributed by atoms with Gasteiger partial charge in [-0.05, 0) is 38.1 Å². The maximum Gasteiger partial charge on any atom is 0.267 e. The van der Waals surface area contributed by atoms with Crippen LogP contribution in [-0.2, 0) is 10.0 Å². The Balaban J connectivity index is 2.31. The Kier molecular flexibility index (Phi) is 6.63. The average Bonchev–Trinajstić information content (AvgIpc) is 2.57. The number of carbonyl (C=O) groups excluding carboxylic acids is 1. The number of nitrogens with one attached hydrogen (secondary N) is 3. The first-order chi connectivity index (χ1) is 13.0. The number of sulfonamides is 1. The zero-order chi connectivity index (χ0) is 21.1. The Bertz CT molecular complexity index is 1030. The van der Waals surface area contributed by atoms with E-state index in [1.807, 2.05) is 13.8 Å². The fourth-order valence-corrected chi connectivity index (χ4v) is 2.95. The Morgan fingerprint density at radius 1 is 1.29 bits per heavy atom. The van der Waals surface area contributed by atoms with Gasteiger partial charge in [-0.2, -0.15) is 0 Å². The van der Waals surface area contributed by atoms with Gasteiger partial charge in [-0.1, -0.05) is 11.6 Å². The zero-order valence-corrected chi connectivity index (χ0v) is 16.9. The normalized spacial score (nSPS) is 11.2. The molecule has 0 aliphatic heterocycles. The van der Waals surface area contributed by atoms with E-state index in [0.29, 0.717) is 11.3 Å². The lowest BCUT2D eigenvalue weighted by Gasteiger charge is -2.15. The maximum absolute atomic E-state index is 14.3. The molecule has 0 saturated carbocycles. The van der Waals surface area contributed by atoms with Crippen molar-refractivity contribution in [2.75, 3.05) is 11.6 Å². The Morgan fingerprint density at radius 2 is 1.96 bits per heavy atom. The van der Waals surface area contributed by atoms with E-state index in [1.165, 1.54) is 0 Å². The predicted octanol–water partition coefficient (Wildman–Crippen LogP) is 3.78.